The third kappa shape index (κ3) is 5.60. The Labute approximate surface area is 168 Å². The van der Waals surface area contributed by atoms with E-state index in [4.69, 9.17) is 14.2 Å². The first-order chi connectivity index (χ1) is 12.3. The van der Waals surface area contributed by atoms with Crippen molar-refractivity contribution in [3.8, 4) is 5.88 Å². The van der Waals surface area contributed by atoms with Gasteiger partial charge in [-0.05, 0) is 70.8 Å². The lowest BCUT2D eigenvalue weighted by Crippen LogP contribution is -2.55. The predicted octanol–water partition coefficient (Wildman–Crippen LogP) is 4.13. The van der Waals surface area contributed by atoms with E-state index in [-0.39, 0.29) is 24.6 Å². The number of rotatable bonds is 3. The van der Waals surface area contributed by atoms with Gasteiger partial charge in [-0.25, -0.2) is 9.59 Å². The number of amides is 1. The first-order valence-electron chi connectivity index (χ1n) is 8.89. The third-order valence-corrected chi connectivity index (χ3v) is 4.68. The molecule has 1 aromatic heterocycles. The molecular formula is C18H28BrN3O5. The van der Waals surface area contributed by atoms with Gasteiger partial charge in [-0.1, -0.05) is 0 Å². The van der Waals surface area contributed by atoms with Crippen molar-refractivity contribution in [1.82, 2.24) is 14.7 Å². The van der Waals surface area contributed by atoms with E-state index < -0.39 is 17.3 Å². The highest BCUT2D eigenvalue weighted by molar-refractivity contribution is 9.10. The molecule has 0 aromatic carbocycles. The fourth-order valence-corrected chi connectivity index (χ4v) is 2.74. The van der Waals surface area contributed by atoms with Gasteiger partial charge in [0.15, 0.2) is 0 Å². The van der Waals surface area contributed by atoms with Gasteiger partial charge in [0.1, 0.15) is 22.3 Å². The summed E-state index contributed by atoms with van der Waals surface area (Å²) in [5.74, 6) is 0.286. The minimum Gasteiger partial charge on any atom is -0.474 e. The molecule has 1 aliphatic rings. The fraction of sp³-hybridized carbons (Fsp3) is 0.722. The second-order valence-corrected chi connectivity index (χ2v) is 9.32. The zero-order chi connectivity index (χ0) is 20.6. The number of halogens is 1. The lowest BCUT2D eigenvalue weighted by atomic mass is 10.1. The number of carbonyl (C=O) groups is 2. The number of aromatic nitrogens is 2. The Morgan fingerprint density at radius 1 is 1.11 bits per heavy atom. The molecule has 2 heterocycles. The second kappa shape index (κ2) is 7.69. The van der Waals surface area contributed by atoms with E-state index >= 15 is 0 Å². The molecule has 1 aliphatic heterocycles. The summed E-state index contributed by atoms with van der Waals surface area (Å²) >= 11 is 3.40. The Morgan fingerprint density at radius 3 is 2.15 bits per heavy atom. The number of carbonyl (C=O) groups excluding carboxylic acids is 2. The molecule has 27 heavy (non-hydrogen) atoms. The SMILES string of the molecule is Cc1c(Br)c(OC[C@H]2CCN2C(=O)OC(C)(C)C)nn1C(=O)OC(C)(C)C. The Hall–Kier alpha value is -1.77. The van der Waals surface area contributed by atoms with Gasteiger partial charge < -0.3 is 19.1 Å². The Balaban J connectivity index is 1.99. The molecule has 0 aliphatic carbocycles. The van der Waals surface area contributed by atoms with Crippen molar-refractivity contribution in [3.63, 3.8) is 0 Å². The highest BCUT2D eigenvalue weighted by Gasteiger charge is 2.36. The van der Waals surface area contributed by atoms with Gasteiger partial charge >= 0.3 is 12.2 Å². The molecule has 0 bridgehead atoms. The molecule has 8 nitrogen and oxygen atoms in total. The van der Waals surface area contributed by atoms with Crippen LogP contribution in [0.15, 0.2) is 4.47 Å². The van der Waals surface area contributed by atoms with Gasteiger partial charge in [0.2, 0.25) is 5.88 Å². The van der Waals surface area contributed by atoms with Crippen LogP contribution < -0.4 is 4.74 Å². The number of nitrogens with zero attached hydrogens (tertiary/aromatic N) is 3. The van der Waals surface area contributed by atoms with Crippen molar-refractivity contribution < 1.29 is 23.8 Å². The van der Waals surface area contributed by atoms with Crippen LogP contribution in [0.1, 0.15) is 53.7 Å². The maximum Gasteiger partial charge on any atom is 0.435 e. The van der Waals surface area contributed by atoms with E-state index in [2.05, 4.69) is 21.0 Å². The highest BCUT2D eigenvalue weighted by atomic mass is 79.9. The average Bonchev–Trinajstić information content (AvgIpc) is 2.70. The monoisotopic (exact) mass is 445 g/mol. The Kier molecular flexibility index (Phi) is 6.13. The van der Waals surface area contributed by atoms with E-state index in [0.717, 1.165) is 11.1 Å². The molecule has 0 unspecified atom stereocenters. The van der Waals surface area contributed by atoms with E-state index in [1.807, 2.05) is 20.8 Å². The first-order valence-corrected chi connectivity index (χ1v) is 9.68. The van der Waals surface area contributed by atoms with Crippen LogP contribution in [0.25, 0.3) is 0 Å². The van der Waals surface area contributed by atoms with Crippen molar-refractivity contribution in [1.29, 1.82) is 0 Å². The van der Waals surface area contributed by atoms with Crippen LogP contribution in [0, 0.1) is 6.92 Å². The summed E-state index contributed by atoms with van der Waals surface area (Å²) in [5.41, 5.74) is -0.579. The molecule has 0 radical (unpaired) electrons. The molecule has 152 valence electrons. The van der Waals surface area contributed by atoms with Crippen LogP contribution in [0.4, 0.5) is 9.59 Å². The van der Waals surface area contributed by atoms with Gasteiger partial charge in [0, 0.05) is 6.54 Å². The Bertz CT molecular complexity index is 718. The van der Waals surface area contributed by atoms with E-state index in [1.54, 1.807) is 32.6 Å². The smallest absolute Gasteiger partial charge is 0.435 e. The number of ether oxygens (including phenoxy) is 3. The summed E-state index contributed by atoms with van der Waals surface area (Å²) in [7, 11) is 0. The summed E-state index contributed by atoms with van der Waals surface area (Å²) in [6, 6.07) is -0.0845. The van der Waals surface area contributed by atoms with Crippen LogP contribution in [-0.2, 0) is 9.47 Å². The van der Waals surface area contributed by atoms with Crippen LogP contribution >= 0.6 is 15.9 Å². The predicted molar refractivity (Wildman–Crippen MR) is 103 cm³/mol. The number of hydrogen-bond acceptors (Lipinski definition) is 6. The topological polar surface area (TPSA) is 82.9 Å². The number of likely N-dealkylation sites (tertiary alicyclic amines) is 1. The van der Waals surface area contributed by atoms with Gasteiger partial charge in [-0.15, -0.1) is 5.10 Å². The van der Waals surface area contributed by atoms with E-state index in [1.165, 1.54) is 0 Å². The molecule has 1 aromatic rings. The summed E-state index contributed by atoms with van der Waals surface area (Å²) in [4.78, 5) is 26.1. The molecular weight excluding hydrogens is 418 g/mol. The molecule has 1 atom stereocenters. The molecule has 0 saturated carbocycles. The second-order valence-electron chi connectivity index (χ2n) is 8.52. The molecule has 1 saturated heterocycles. The van der Waals surface area contributed by atoms with Gasteiger partial charge in [0.25, 0.3) is 0 Å². The molecule has 9 heteroatoms. The normalized spacial score (nSPS) is 17.3. The zero-order valence-electron chi connectivity index (χ0n) is 17.0. The van der Waals surface area contributed by atoms with Crippen molar-refractivity contribution in [2.45, 2.75) is 72.1 Å². The quantitative estimate of drug-likeness (QED) is 0.695. The van der Waals surface area contributed by atoms with Crippen LogP contribution in [0.3, 0.4) is 0 Å². The lowest BCUT2D eigenvalue weighted by molar-refractivity contribution is -0.0145. The van der Waals surface area contributed by atoms with E-state index in [9.17, 15) is 9.59 Å². The minimum absolute atomic E-state index is 0.0845. The largest absolute Gasteiger partial charge is 0.474 e. The molecule has 0 spiro atoms. The summed E-state index contributed by atoms with van der Waals surface area (Å²) in [5, 5.41) is 4.19. The van der Waals surface area contributed by atoms with Crippen molar-refractivity contribution >= 4 is 28.1 Å². The van der Waals surface area contributed by atoms with Crippen molar-refractivity contribution in [3.05, 3.63) is 10.2 Å². The van der Waals surface area contributed by atoms with Crippen molar-refractivity contribution in [2.24, 2.45) is 0 Å². The molecule has 1 fully saturated rings. The Morgan fingerprint density at radius 2 is 1.67 bits per heavy atom. The molecule has 1 amide bonds. The van der Waals surface area contributed by atoms with Gasteiger partial charge in [0.05, 0.1) is 11.7 Å². The van der Waals surface area contributed by atoms with Crippen LogP contribution in [0.5, 0.6) is 5.88 Å². The van der Waals surface area contributed by atoms with Gasteiger partial charge in [-0.2, -0.15) is 4.68 Å². The standard InChI is InChI=1S/C18H28BrN3O5/c1-11-13(19)14(20-22(11)16(24)27-18(5,6)7)25-10-12-8-9-21(12)15(23)26-17(2,3)4/h12H,8-10H2,1-7H3/t12-/m1/s1. The maximum absolute atomic E-state index is 12.3. The lowest BCUT2D eigenvalue weighted by Gasteiger charge is -2.40. The van der Waals surface area contributed by atoms with Crippen LogP contribution in [0.2, 0.25) is 0 Å². The van der Waals surface area contributed by atoms with Gasteiger partial charge in [-0.3, -0.25) is 0 Å². The third-order valence-electron chi connectivity index (χ3n) is 3.76. The van der Waals surface area contributed by atoms with Crippen molar-refractivity contribution in [2.75, 3.05) is 13.2 Å². The average molecular weight is 446 g/mol. The highest BCUT2D eigenvalue weighted by Crippen LogP contribution is 2.29. The first kappa shape index (κ1) is 21.5. The number of hydrogen-bond donors (Lipinski definition) is 0. The minimum atomic E-state index is -0.622. The van der Waals surface area contributed by atoms with E-state index in [0.29, 0.717) is 16.7 Å². The molecule has 0 N–H and O–H groups in total. The zero-order valence-corrected chi connectivity index (χ0v) is 18.5. The maximum atomic E-state index is 12.3. The fourth-order valence-electron chi connectivity index (χ4n) is 2.38. The molecule has 2 rings (SSSR count). The van der Waals surface area contributed by atoms with Crippen LogP contribution in [-0.4, -0.2) is 57.3 Å². The summed E-state index contributed by atoms with van der Waals surface area (Å²) in [6.45, 7) is 13.5. The summed E-state index contributed by atoms with van der Waals surface area (Å²) in [6.07, 6.45) is -0.103. The summed E-state index contributed by atoms with van der Waals surface area (Å²) < 4.78 is 18.2.